The minimum absolute atomic E-state index is 0.0971. The number of ether oxygens (including phenoxy) is 1. The van der Waals surface area contributed by atoms with Crippen LogP contribution in [-0.2, 0) is 26.0 Å². The van der Waals surface area contributed by atoms with Crippen LogP contribution >= 0.6 is 0 Å². The largest absolute Gasteiger partial charge is 0.457 e. The molecule has 0 bridgehead atoms. The Labute approximate surface area is 225 Å². The van der Waals surface area contributed by atoms with Crippen molar-refractivity contribution in [3.63, 3.8) is 0 Å². The lowest BCUT2D eigenvalue weighted by Crippen LogP contribution is -2.53. The van der Waals surface area contributed by atoms with Gasteiger partial charge in [0.05, 0.1) is 11.9 Å². The molecule has 0 saturated heterocycles. The summed E-state index contributed by atoms with van der Waals surface area (Å²) in [6.07, 6.45) is 1.58. The van der Waals surface area contributed by atoms with E-state index in [0.29, 0.717) is 23.6 Å². The number of carbonyl (C=O) groups is 2. The molecule has 8 nitrogen and oxygen atoms in total. The molecule has 38 heavy (non-hydrogen) atoms. The van der Waals surface area contributed by atoms with Crippen LogP contribution in [0.3, 0.4) is 0 Å². The summed E-state index contributed by atoms with van der Waals surface area (Å²) in [4.78, 5) is 27.8. The second kappa shape index (κ2) is 13.1. The van der Waals surface area contributed by atoms with Crippen molar-refractivity contribution in [3.8, 4) is 11.5 Å². The number of nitrogens with zero attached hydrogens (tertiary/aromatic N) is 2. The highest BCUT2D eigenvalue weighted by atomic mass is 32.2. The van der Waals surface area contributed by atoms with Gasteiger partial charge in [-0.2, -0.15) is 0 Å². The van der Waals surface area contributed by atoms with Crippen molar-refractivity contribution >= 4 is 27.5 Å². The molecule has 0 aliphatic heterocycles. The second-order valence-corrected chi connectivity index (χ2v) is 11.2. The molecule has 1 atom stereocenters. The molecule has 0 aliphatic carbocycles. The molecule has 2 amide bonds. The van der Waals surface area contributed by atoms with Gasteiger partial charge < -0.3 is 15.0 Å². The lowest BCUT2D eigenvalue weighted by molar-refractivity contribution is -0.139. The van der Waals surface area contributed by atoms with Gasteiger partial charge in [-0.1, -0.05) is 48.5 Å². The normalized spacial score (nSPS) is 12.0. The van der Waals surface area contributed by atoms with Crippen molar-refractivity contribution in [2.45, 2.75) is 39.3 Å². The van der Waals surface area contributed by atoms with Crippen LogP contribution in [0.5, 0.6) is 11.5 Å². The van der Waals surface area contributed by atoms with Crippen LogP contribution in [-0.4, -0.2) is 56.6 Å². The summed E-state index contributed by atoms with van der Waals surface area (Å²) >= 11 is 0. The average molecular weight is 538 g/mol. The van der Waals surface area contributed by atoms with Crippen LogP contribution in [0.15, 0.2) is 84.9 Å². The molecule has 1 unspecified atom stereocenters. The first-order valence-electron chi connectivity index (χ1n) is 12.5. The van der Waals surface area contributed by atoms with Gasteiger partial charge in [-0.05, 0) is 69.2 Å². The number of anilines is 1. The van der Waals surface area contributed by atoms with Crippen LogP contribution in [0.4, 0.5) is 5.69 Å². The molecule has 0 heterocycles. The maximum absolute atomic E-state index is 13.5. The highest BCUT2D eigenvalue weighted by molar-refractivity contribution is 7.92. The number of amides is 2. The van der Waals surface area contributed by atoms with Crippen molar-refractivity contribution < 1.29 is 22.7 Å². The molecule has 0 saturated carbocycles. The number of rotatable bonds is 12. The summed E-state index contributed by atoms with van der Waals surface area (Å²) in [6.45, 7) is 5.17. The predicted octanol–water partition coefficient (Wildman–Crippen LogP) is 4.23. The van der Waals surface area contributed by atoms with E-state index in [1.807, 2.05) is 74.5 Å². The van der Waals surface area contributed by atoms with Gasteiger partial charge in [0.2, 0.25) is 21.8 Å². The SMILES string of the molecule is CC(C)NC(=O)C(C)N(CCc1ccccc1)C(=O)CN(c1ccc(Oc2ccccc2)cc1)S(C)(=O)=O. The van der Waals surface area contributed by atoms with Crippen molar-refractivity contribution in [1.29, 1.82) is 0 Å². The lowest BCUT2D eigenvalue weighted by atomic mass is 10.1. The third-order valence-corrected chi connectivity index (χ3v) is 7.01. The standard InChI is InChI=1S/C29H35N3O5S/c1-22(2)30-29(34)23(3)31(20-19-24-11-7-5-8-12-24)28(33)21-32(38(4,35)36)25-15-17-27(18-16-25)37-26-13-9-6-10-14-26/h5-18,22-23H,19-21H2,1-4H3,(H,30,34). The summed E-state index contributed by atoms with van der Waals surface area (Å²) in [5.74, 6) is 0.415. The Morgan fingerprint density at radius 2 is 1.39 bits per heavy atom. The molecule has 9 heteroatoms. The zero-order valence-electron chi connectivity index (χ0n) is 22.2. The van der Waals surface area contributed by atoms with Gasteiger partial charge >= 0.3 is 0 Å². The zero-order valence-corrected chi connectivity index (χ0v) is 23.0. The fraction of sp³-hybridized carbons (Fsp3) is 0.310. The molecular formula is C29H35N3O5S. The minimum Gasteiger partial charge on any atom is -0.457 e. The van der Waals surface area contributed by atoms with Gasteiger partial charge in [-0.3, -0.25) is 13.9 Å². The highest BCUT2D eigenvalue weighted by Crippen LogP contribution is 2.25. The molecule has 0 radical (unpaired) electrons. The van der Waals surface area contributed by atoms with Gasteiger partial charge in [-0.25, -0.2) is 8.42 Å². The Balaban J connectivity index is 1.81. The number of hydrogen-bond acceptors (Lipinski definition) is 5. The van der Waals surface area contributed by atoms with E-state index in [1.54, 1.807) is 31.2 Å². The number of sulfonamides is 1. The Bertz CT molecular complexity index is 1300. The van der Waals surface area contributed by atoms with Gasteiger partial charge in [0.25, 0.3) is 0 Å². The van der Waals surface area contributed by atoms with Crippen molar-refractivity contribution in [3.05, 3.63) is 90.5 Å². The summed E-state index contributed by atoms with van der Waals surface area (Å²) < 4.78 is 32.3. The van der Waals surface area contributed by atoms with Gasteiger partial charge in [0.1, 0.15) is 24.1 Å². The topological polar surface area (TPSA) is 96.0 Å². The Morgan fingerprint density at radius 3 is 1.95 bits per heavy atom. The van der Waals surface area contributed by atoms with E-state index in [0.717, 1.165) is 16.1 Å². The van der Waals surface area contributed by atoms with Gasteiger partial charge in [0.15, 0.2) is 0 Å². The summed E-state index contributed by atoms with van der Waals surface area (Å²) in [6, 6.07) is 24.5. The first kappa shape index (κ1) is 28.7. The van der Waals surface area contributed by atoms with Crippen molar-refractivity contribution in [2.24, 2.45) is 0 Å². The molecule has 0 spiro atoms. The Morgan fingerprint density at radius 1 is 0.842 bits per heavy atom. The average Bonchev–Trinajstić information content (AvgIpc) is 2.88. The summed E-state index contributed by atoms with van der Waals surface area (Å²) in [5.41, 5.74) is 1.33. The van der Waals surface area contributed by atoms with E-state index < -0.39 is 28.5 Å². The Hall–Kier alpha value is -3.85. The smallest absolute Gasteiger partial charge is 0.244 e. The zero-order chi connectivity index (χ0) is 27.7. The summed E-state index contributed by atoms with van der Waals surface area (Å²) in [5, 5.41) is 2.84. The summed E-state index contributed by atoms with van der Waals surface area (Å²) in [7, 11) is -3.81. The fourth-order valence-corrected chi connectivity index (χ4v) is 4.74. The number of hydrogen-bond donors (Lipinski definition) is 1. The number of para-hydroxylation sites is 1. The third kappa shape index (κ3) is 8.34. The maximum Gasteiger partial charge on any atom is 0.244 e. The highest BCUT2D eigenvalue weighted by Gasteiger charge is 2.30. The van der Waals surface area contributed by atoms with Crippen LogP contribution < -0.4 is 14.4 Å². The molecular weight excluding hydrogens is 502 g/mol. The van der Waals surface area contributed by atoms with E-state index in [-0.39, 0.29) is 18.5 Å². The molecule has 0 fully saturated rings. The quantitative estimate of drug-likeness (QED) is 0.373. The molecule has 202 valence electrons. The van der Waals surface area contributed by atoms with E-state index in [1.165, 1.54) is 4.90 Å². The van der Waals surface area contributed by atoms with Crippen LogP contribution in [0.25, 0.3) is 0 Å². The van der Waals surface area contributed by atoms with Crippen molar-refractivity contribution in [1.82, 2.24) is 10.2 Å². The molecule has 0 aliphatic rings. The van der Waals surface area contributed by atoms with Gasteiger partial charge in [0, 0.05) is 12.6 Å². The minimum atomic E-state index is -3.81. The molecule has 3 aromatic carbocycles. The Kier molecular flexibility index (Phi) is 9.90. The van der Waals surface area contributed by atoms with E-state index in [2.05, 4.69) is 5.32 Å². The third-order valence-electron chi connectivity index (χ3n) is 5.87. The first-order valence-corrected chi connectivity index (χ1v) is 14.3. The van der Waals surface area contributed by atoms with E-state index >= 15 is 0 Å². The fourth-order valence-electron chi connectivity index (χ4n) is 3.89. The van der Waals surface area contributed by atoms with Crippen LogP contribution in [0, 0.1) is 0 Å². The van der Waals surface area contributed by atoms with Crippen LogP contribution in [0.2, 0.25) is 0 Å². The monoisotopic (exact) mass is 537 g/mol. The lowest BCUT2D eigenvalue weighted by Gasteiger charge is -2.32. The van der Waals surface area contributed by atoms with E-state index in [4.69, 9.17) is 4.74 Å². The molecule has 0 aromatic heterocycles. The van der Waals surface area contributed by atoms with Crippen molar-refractivity contribution in [2.75, 3.05) is 23.7 Å². The number of nitrogens with one attached hydrogen (secondary N) is 1. The number of benzene rings is 3. The second-order valence-electron chi connectivity index (χ2n) is 9.34. The molecule has 3 aromatic rings. The van der Waals surface area contributed by atoms with Crippen LogP contribution in [0.1, 0.15) is 26.3 Å². The molecule has 3 rings (SSSR count). The maximum atomic E-state index is 13.5. The van der Waals surface area contributed by atoms with E-state index in [9.17, 15) is 18.0 Å². The molecule has 1 N–H and O–H groups in total. The number of carbonyl (C=O) groups excluding carboxylic acids is 2. The predicted molar refractivity (Wildman–Crippen MR) is 150 cm³/mol. The first-order chi connectivity index (χ1) is 18.0. The van der Waals surface area contributed by atoms with Gasteiger partial charge in [-0.15, -0.1) is 0 Å².